The Kier molecular flexibility index (Phi) is 8.22. The quantitative estimate of drug-likeness (QED) is 0.443. The summed E-state index contributed by atoms with van der Waals surface area (Å²) in [5.74, 6) is -0.483. The molecule has 3 rings (SSSR count). The van der Waals surface area contributed by atoms with Crippen molar-refractivity contribution < 1.29 is 14.0 Å². The maximum atomic E-state index is 13.4. The molecular formula is C26H30FN3O2S. The van der Waals surface area contributed by atoms with Crippen molar-refractivity contribution in [2.45, 2.75) is 46.8 Å². The summed E-state index contributed by atoms with van der Waals surface area (Å²) in [5.41, 5.74) is 2.50. The fourth-order valence-electron chi connectivity index (χ4n) is 3.44. The molecule has 0 aliphatic rings. The number of nitrogens with one attached hydrogen (secondary N) is 1. The van der Waals surface area contributed by atoms with E-state index in [-0.39, 0.29) is 30.3 Å². The van der Waals surface area contributed by atoms with E-state index in [0.717, 1.165) is 21.7 Å². The van der Waals surface area contributed by atoms with Gasteiger partial charge in [0.15, 0.2) is 0 Å². The highest BCUT2D eigenvalue weighted by Gasteiger charge is 2.24. The van der Waals surface area contributed by atoms with E-state index in [0.29, 0.717) is 13.1 Å². The first-order valence-electron chi connectivity index (χ1n) is 10.9. The SMILES string of the molecule is Cc1ccc(CN(Cc2ccc(F)cc2)C(=O)CN(C(=O)Nc2ccccc2C)C(C)C)s1. The van der Waals surface area contributed by atoms with Gasteiger partial charge in [0.1, 0.15) is 12.4 Å². The van der Waals surface area contributed by atoms with E-state index in [2.05, 4.69) is 5.32 Å². The second-order valence-corrected chi connectivity index (χ2v) is 9.73. The molecule has 0 atom stereocenters. The third-order valence-electron chi connectivity index (χ3n) is 5.36. The van der Waals surface area contributed by atoms with Gasteiger partial charge in [-0.05, 0) is 69.2 Å². The predicted octanol–water partition coefficient (Wildman–Crippen LogP) is 5.98. The number of aryl methyl sites for hydroxylation is 2. The standard InChI is InChI=1S/C26H30FN3O2S/c1-18(2)30(26(32)28-24-8-6-5-7-19(24)3)17-25(31)29(16-23-14-9-20(4)33-23)15-21-10-12-22(27)13-11-21/h5-14,18H,15-17H2,1-4H3,(H,28,32). The first kappa shape index (κ1) is 24.5. The first-order valence-corrected chi connectivity index (χ1v) is 11.8. The molecule has 0 saturated heterocycles. The van der Waals surface area contributed by atoms with Gasteiger partial charge in [-0.15, -0.1) is 11.3 Å². The van der Waals surface area contributed by atoms with Crippen molar-refractivity contribution in [2.75, 3.05) is 11.9 Å². The van der Waals surface area contributed by atoms with E-state index in [4.69, 9.17) is 0 Å². The van der Waals surface area contributed by atoms with Crippen molar-refractivity contribution in [1.29, 1.82) is 0 Å². The van der Waals surface area contributed by atoms with Gasteiger partial charge in [0.05, 0.1) is 6.54 Å². The Bertz CT molecular complexity index is 1090. The number of para-hydroxylation sites is 1. The Morgan fingerprint density at radius 1 is 0.970 bits per heavy atom. The van der Waals surface area contributed by atoms with E-state index in [1.165, 1.54) is 21.9 Å². The van der Waals surface area contributed by atoms with Crippen molar-refractivity contribution in [2.24, 2.45) is 0 Å². The van der Waals surface area contributed by atoms with Gasteiger partial charge in [-0.1, -0.05) is 30.3 Å². The van der Waals surface area contributed by atoms with Crippen LogP contribution >= 0.6 is 11.3 Å². The molecule has 7 heteroatoms. The Labute approximate surface area is 198 Å². The summed E-state index contributed by atoms with van der Waals surface area (Å²) >= 11 is 1.63. The minimum atomic E-state index is -0.318. The number of hydrogen-bond acceptors (Lipinski definition) is 3. The lowest BCUT2D eigenvalue weighted by Crippen LogP contribution is -2.47. The van der Waals surface area contributed by atoms with E-state index < -0.39 is 0 Å². The molecular weight excluding hydrogens is 437 g/mol. The van der Waals surface area contributed by atoms with E-state index in [1.54, 1.807) is 28.4 Å². The zero-order valence-electron chi connectivity index (χ0n) is 19.5. The van der Waals surface area contributed by atoms with Crippen LogP contribution in [-0.4, -0.2) is 34.3 Å². The van der Waals surface area contributed by atoms with Gasteiger partial charge >= 0.3 is 6.03 Å². The monoisotopic (exact) mass is 467 g/mol. The van der Waals surface area contributed by atoms with Crippen molar-refractivity contribution in [1.82, 2.24) is 9.80 Å². The Balaban J connectivity index is 1.77. The Hall–Kier alpha value is -3.19. The molecule has 5 nitrogen and oxygen atoms in total. The zero-order valence-corrected chi connectivity index (χ0v) is 20.3. The molecule has 0 radical (unpaired) electrons. The lowest BCUT2D eigenvalue weighted by atomic mass is 10.2. The number of rotatable bonds is 8. The predicted molar refractivity (Wildman–Crippen MR) is 132 cm³/mol. The number of hydrogen-bond donors (Lipinski definition) is 1. The molecule has 1 heterocycles. The molecule has 0 unspecified atom stereocenters. The average molecular weight is 468 g/mol. The fourth-order valence-corrected chi connectivity index (χ4v) is 4.34. The minimum Gasteiger partial charge on any atom is -0.332 e. The van der Waals surface area contributed by atoms with Crippen molar-refractivity contribution >= 4 is 29.0 Å². The van der Waals surface area contributed by atoms with Crippen LogP contribution in [0.25, 0.3) is 0 Å². The van der Waals surface area contributed by atoms with Crippen LogP contribution in [0.1, 0.15) is 34.7 Å². The highest BCUT2D eigenvalue weighted by Crippen LogP contribution is 2.20. The van der Waals surface area contributed by atoms with Gasteiger partial charge in [-0.3, -0.25) is 4.79 Å². The molecule has 0 aliphatic heterocycles. The normalized spacial score (nSPS) is 10.8. The van der Waals surface area contributed by atoms with Crippen molar-refractivity contribution in [3.8, 4) is 0 Å². The van der Waals surface area contributed by atoms with E-state index in [9.17, 15) is 14.0 Å². The number of carbonyl (C=O) groups excluding carboxylic acids is 2. The highest BCUT2D eigenvalue weighted by atomic mass is 32.1. The van der Waals surface area contributed by atoms with Crippen LogP contribution in [-0.2, 0) is 17.9 Å². The van der Waals surface area contributed by atoms with Crippen LogP contribution in [0.4, 0.5) is 14.9 Å². The van der Waals surface area contributed by atoms with Gasteiger partial charge < -0.3 is 15.1 Å². The Morgan fingerprint density at radius 3 is 2.27 bits per heavy atom. The molecule has 2 aromatic carbocycles. The summed E-state index contributed by atoms with van der Waals surface area (Å²) in [6.07, 6.45) is 0. The summed E-state index contributed by atoms with van der Waals surface area (Å²) in [6.45, 7) is 8.43. The third-order valence-corrected chi connectivity index (χ3v) is 6.34. The molecule has 3 amide bonds. The number of amides is 3. The number of halogens is 1. The number of urea groups is 1. The number of anilines is 1. The number of thiophene rings is 1. The van der Waals surface area contributed by atoms with E-state index >= 15 is 0 Å². The van der Waals surface area contributed by atoms with Crippen molar-refractivity contribution in [3.05, 3.63) is 87.4 Å². The molecule has 0 aliphatic carbocycles. The number of nitrogens with zero attached hydrogens (tertiary/aromatic N) is 2. The minimum absolute atomic E-state index is 0.0546. The highest BCUT2D eigenvalue weighted by molar-refractivity contribution is 7.11. The van der Waals surface area contributed by atoms with Crippen molar-refractivity contribution in [3.63, 3.8) is 0 Å². The van der Waals surface area contributed by atoms with Crippen LogP contribution in [0, 0.1) is 19.7 Å². The van der Waals surface area contributed by atoms with Crippen LogP contribution in [0.15, 0.2) is 60.7 Å². The summed E-state index contributed by atoms with van der Waals surface area (Å²) in [4.78, 5) is 31.9. The summed E-state index contributed by atoms with van der Waals surface area (Å²) in [6, 6.07) is 17.2. The topological polar surface area (TPSA) is 52.7 Å². The number of carbonyl (C=O) groups is 2. The van der Waals surface area contributed by atoms with E-state index in [1.807, 2.05) is 64.1 Å². The molecule has 0 fully saturated rings. The third kappa shape index (κ3) is 6.89. The molecule has 174 valence electrons. The molecule has 33 heavy (non-hydrogen) atoms. The maximum absolute atomic E-state index is 13.4. The smallest absolute Gasteiger partial charge is 0.322 e. The Morgan fingerprint density at radius 2 is 1.67 bits per heavy atom. The maximum Gasteiger partial charge on any atom is 0.322 e. The second kappa shape index (κ2) is 11.1. The van der Waals surface area contributed by atoms with Gasteiger partial charge in [0.2, 0.25) is 5.91 Å². The average Bonchev–Trinajstić information content (AvgIpc) is 3.18. The summed E-state index contributed by atoms with van der Waals surface area (Å²) in [5, 5.41) is 2.92. The van der Waals surface area contributed by atoms with Crippen LogP contribution < -0.4 is 5.32 Å². The van der Waals surface area contributed by atoms with Crippen LogP contribution in [0.2, 0.25) is 0 Å². The molecule has 1 aromatic heterocycles. The molecule has 0 bridgehead atoms. The molecule has 1 N–H and O–H groups in total. The molecule has 0 spiro atoms. The molecule has 0 saturated carbocycles. The summed E-state index contributed by atoms with van der Waals surface area (Å²) in [7, 11) is 0. The van der Waals surface area contributed by atoms with Gasteiger partial charge in [0, 0.05) is 28.0 Å². The van der Waals surface area contributed by atoms with Crippen LogP contribution in [0.3, 0.4) is 0 Å². The second-order valence-electron chi connectivity index (χ2n) is 8.36. The van der Waals surface area contributed by atoms with Crippen LogP contribution in [0.5, 0.6) is 0 Å². The first-order chi connectivity index (χ1) is 15.7. The lowest BCUT2D eigenvalue weighted by molar-refractivity contribution is -0.133. The fraction of sp³-hybridized carbons (Fsp3) is 0.308. The summed E-state index contributed by atoms with van der Waals surface area (Å²) < 4.78 is 13.4. The lowest BCUT2D eigenvalue weighted by Gasteiger charge is -2.30. The number of benzene rings is 2. The van der Waals surface area contributed by atoms with Gasteiger partial charge in [0.25, 0.3) is 0 Å². The zero-order chi connectivity index (χ0) is 24.0. The van der Waals surface area contributed by atoms with Gasteiger partial charge in [-0.25, -0.2) is 9.18 Å². The van der Waals surface area contributed by atoms with Gasteiger partial charge in [-0.2, -0.15) is 0 Å². The molecule has 3 aromatic rings. The largest absolute Gasteiger partial charge is 0.332 e.